The van der Waals surface area contributed by atoms with Crippen molar-refractivity contribution in [1.82, 2.24) is 40.4 Å². The Morgan fingerprint density at radius 1 is 0.621 bits per heavy atom. The van der Waals surface area contributed by atoms with E-state index >= 15 is 0 Å². The van der Waals surface area contributed by atoms with Gasteiger partial charge in [0, 0.05) is 18.7 Å². The van der Waals surface area contributed by atoms with Gasteiger partial charge in [-0.1, -0.05) is 76.2 Å². The molecule has 1 unspecified atom stereocenters. The molecule has 2 saturated heterocycles. The highest BCUT2D eigenvalue weighted by Crippen LogP contribution is 2.35. The van der Waals surface area contributed by atoms with Gasteiger partial charge in [-0.15, -0.1) is 0 Å². The number of rotatable bonds is 11. The molecule has 0 aliphatic carbocycles. The van der Waals surface area contributed by atoms with E-state index in [0.29, 0.717) is 13.1 Å². The summed E-state index contributed by atoms with van der Waals surface area (Å²) in [6.07, 6.45) is 5.65. The third-order valence-electron chi connectivity index (χ3n) is 11.4. The van der Waals surface area contributed by atoms with E-state index in [1.165, 1.54) is 14.2 Å². The lowest BCUT2D eigenvalue weighted by Crippen LogP contribution is -2.51. The predicted molar refractivity (Wildman–Crippen MR) is 220 cm³/mol. The molecule has 4 atom stereocenters. The van der Waals surface area contributed by atoms with Crippen LogP contribution in [-0.4, -0.2) is 93.1 Å². The van der Waals surface area contributed by atoms with Crippen molar-refractivity contribution in [3.8, 4) is 33.6 Å². The Morgan fingerprint density at radius 3 is 1.50 bits per heavy atom. The molecule has 4 amide bonds. The van der Waals surface area contributed by atoms with Gasteiger partial charge in [0.2, 0.25) is 11.8 Å². The van der Waals surface area contributed by atoms with E-state index in [0.717, 1.165) is 81.7 Å². The molecule has 0 radical (unpaired) electrons. The third kappa shape index (κ3) is 8.27. The Kier molecular flexibility index (Phi) is 11.8. The molecule has 4 heterocycles. The maximum Gasteiger partial charge on any atom is 0.407 e. The number of imidazole rings is 2. The highest BCUT2D eigenvalue weighted by molar-refractivity contribution is 5.91. The van der Waals surface area contributed by atoms with E-state index in [-0.39, 0.29) is 35.7 Å². The van der Waals surface area contributed by atoms with Gasteiger partial charge in [0.25, 0.3) is 0 Å². The number of H-pyrrole nitrogens is 2. The minimum absolute atomic E-state index is 0.104. The van der Waals surface area contributed by atoms with Gasteiger partial charge >= 0.3 is 12.2 Å². The number of nitrogens with one attached hydrogen (secondary N) is 4. The molecule has 7 rings (SSSR count). The number of ether oxygens (including phenoxy) is 2. The lowest BCUT2D eigenvalue weighted by atomic mass is 9.98. The molecule has 2 aromatic heterocycles. The van der Waals surface area contributed by atoms with Gasteiger partial charge in [0.1, 0.15) is 23.7 Å². The van der Waals surface area contributed by atoms with Gasteiger partial charge in [0.15, 0.2) is 0 Å². The molecular weight excluding hydrogens is 737 g/mol. The zero-order chi connectivity index (χ0) is 41.1. The second-order valence-electron chi connectivity index (χ2n) is 15.8. The SMILES string of the molecule is COC(=O)NC(C(=O)N1CCC[C@H]1c1ncc(-c2ccc3cc(-c4ccc(-c5cnc([C@@H]6CCCN6C(=O)[C@@H](NC(=O)OC)C(C)C)[nH]5)cc4)ccc3c2)[nH]1)C(C)C. The highest BCUT2D eigenvalue weighted by atomic mass is 16.5. The Bertz CT molecular complexity index is 2280. The number of alkyl carbamates (subject to hydrolysis) is 2. The van der Waals surface area contributed by atoms with Crippen molar-refractivity contribution in [1.29, 1.82) is 0 Å². The molecule has 5 aromatic rings. The molecule has 58 heavy (non-hydrogen) atoms. The van der Waals surface area contributed by atoms with E-state index in [9.17, 15) is 19.2 Å². The lowest BCUT2D eigenvalue weighted by molar-refractivity contribution is -0.136. The van der Waals surface area contributed by atoms with Gasteiger partial charge in [0.05, 0.1) is 50.1 Å². The minimum Gasteiger partial charge on any atom is -0.453 e. The van der Waals surface area contributed by atoms with Crippen LogP contribution in [0, 0.1) is 11.8 Å². The van der Waals surface area contributed by atoms with Crippen molar-refractivity contribution >= 4 is 34.8 Å². The third-order valence-corrected chi connectivity index (χ3v) is 11.4. The molecule has 2 aliphatic rings. The van der Waals surface area contributed by atoms with Crippen LogP contribution in [0.1, 0.15) is 77.1 Å². The first kappa shape index (κ1) is 40.0. The number of carbonyl (C=O) groups excluding carboxylic acids is 4. The van der Waals surface area contributed by atoms with Crippen LogP contribution in [0.15, 0.2) is 73.1 Å². The molecule has 3 aromatic carbocycles. The summed E-state index contributed by atoms with van der Waals surface area (Å²) >= 11 is 0. The van der Waals surface area contributed by atoms with E-state index in [2.05, 4.69) is 86.2 Å². The zero-order valence-electron chi connectivity index (χ0n) is 33.9. The van der Waals surface area contributed by atoms with Crippen molar-refractivity contribution in [2.24, 2.45) is 11.8 Å². The summed E-state index contributed by atoms with van der Waals surface area (Å²) in [7, 11) is 2.58. The van der Waals surface area contributed by atoms with Crippen LogP contribution < -0.4 is 10.6 Å². The summed E-state index contributed by atoms with van der Waals surface area (Å²) in [6, 6.07) is 19.3. The Labute approximate surface area is 338 Å². The van der Waals surface area contributed by atoms with Gasteiger partial charge in [-0.25, -0.2) is 19.6 Å². The van der Waals surface area contributed by atoms with Crippen molar-refractivity contribution in [2.45, 2.75) is 77.5 Å². The fourth-order valence-electron chi connectivity index (χ4n) is 8.13. The Morgan fingerprint density at radius 2 is 1.03 bits per heavy atom. The van der Waals surface area contributed by atoms with Crippen molar-refractivity contribution in [3.63, 3.8) is 0 Å². The van der Waals surface area contributed by atoms with Crippen LogP contribution in [0.25, 0.3) is 44.4 Å². The number of methoxy groups -OCH3 is 2. The first-order valence-electron chi connectivity index (χ1n) is 20.0. The summed E-state index contributed by atoms with van der Waals surface area (Å²) in [5.74, 6) is 0.972. The standard InChI is InChI=1S/C44H52N8O6/c1-25(2)37(49-43(55)57-5)41(53)51-19-7-9-35(51)39-45-23-33(47-39)28-13-11-27(12-14-28)29-15-16-31-22-32(18-17-30(31)21-29)34-24-46-40(48-34)36-10-8-20-52(36)42(54)38(26(3)4)50-44(56)58-6/h11-18,21-26,35-38H,7-10,19-20H2,1-6H3,(H,45,47)(H,46,48)(H,49,55)(H,50,56)/t35-,36-,37-,38?/m0/s1. The predicted octanol–water partition coefficient (Wildman–Crippen LogP) is 7.38. The number of hydrogen-bond acceptors (Lipinski definition) is 8. The number of carbonyl (C=O) groups is 4. The molecule has 2 fully saturated rings. The van der Waals surface area contributed by atoms with Crippen molar-refractivity contribution in [2.75, 3.05) is 27.3 Å². The molecule has 4 N–H and O–H groups in total. The molecule has 0 spiro atoms. The monoisotopic (exact) mass is 788 g/mol. The Hall–Kier alpha value is -6.18. The number of amides is 4. The maximum absolute atomic E-state index is 13.6. The summed E-state index contributed by atoms with van der Waals surface area (Å²) < 4.78 is 9.53. The number of aromatic amines is 2. The van der Waals surface area contributed by atoms with E-state index in [4.69, 9.17) is 14.5 Å². The second-order valence-corrected chi connectivity index (χ2v) is 15.8. The Balaban J connectivity index is 1.02. The quantitative estimate of drug-likeness (QED) is 0.107. The average molecular weight is 789 g/mol. The van der Waals surface area contributed by atoms with Gasteiger partial charge in [-0.3, -0.25) is 9.59 Å². The number of hydrogen-bond donors (Lipinski definition) is 4. The summed E-state index contributed by atoms with van der Waals surface area (Å²) in [4.78, 5) is 71.0. The minimum atomic E-state index is -0.688. The molecular formula is C44H52N8O6. The molecule has 14 nitrogen and oxygen atoms in total. The van der Waals surface area contributed by atoms with Crippen molar-refractivity contribution < 1.29 is 28.7 Å². The van der Waals surface area contributed by atoms with Gasteiger partial charge in [-0.05, 0) is 77.1 Å². The van der Waals surface area contributed by atoms with Crippen LogP contribution in [0.3, 0.4) is 0 Å². The normalized spacial score (nSPS) is 17.8. The largest absolute Gasteiger partial charge is 0.453 e. The molecule has 304 valence electrons. The van der Waals surface area contributed by atoms with E-state index in [1.807, 2.05) is 49.9 Å². The van der Waals surface area contributed by atoms with Crippen LogP contribution in [-0.2, 0) is 19.1 Å². The molecule has 2 aliphatic heterocycles. The fourth-order valence-corrected chi connectivity index (χ4v) is 8.13. The number of benzene rings is 3. The number of aromatic nitrogens is 4. The van der Waals surface area contributed by atoms with Crippen LogP contribution >= 0.6 is 0 Å². The maximum atomic E-state index is 13.6. The second kappa shape index (κ2) is 17.1. The summed E-state index contributed by atoms with van der Waals surface area (Å²) in [5, 5.41) is 7.59. The summed E-state index contributed by atoms with van der Waals surface area (Å²) in [6.45, 7) is 8.81. The van der Waals surface area contributed by atoms with Crippen LogP contribution in [0.5, 0.6) is 0 Å². The molecule has 14 heteroatoms. The zero-order valence-corrected chi connectivity index (χ0v) is 33.9. The van der Waals surface area contributed by atoms with Crippen molar-refractivity contribution in [3.05, 3.63) is 84.7 Å². The fraction of sp³-hybridized carbons (Fsp3) is 0.409. The first-order chi connectivity index (χ1) is 27.9. The van der Waals surface area contributed by atoms with Crippen LogP contribution in [0.2, 0.25) is 0 Å². The summed E-state index contributed by atoms with van der Waals surface area (Å²) in [5.41, 5.74) is 5.88. The molecule has 0 bridgehead atoms. The number of fused-ring (bicyclic) bond motifs is 1. The number of nitrogens with zero attached hydrogens (tertiary/aromatic N) is 4. The average Bonchev–Trinajstić information content (AvgIpc) is 4.07. The first-order valence-corrected chi connectivity index (χ1v) is 20.0. The highest BCUT2D eigenvalue weighted by Gasteiger charge is 2.39. The molecule has 0 saturated carbocycles. The lowest BCUT2D eigenvalue weighted by Gasteiger charge is -2.30. The number of likely N-dealkylation sites (tertiary alicyclic amines) is 2. The van der Waals surface area contributed by atoms with Crippen LogP contribution in [0.4, 0.5) is 9.59 Å². The smallest absolute Gasteiger partial charge is 0.407 e. The van der Waals surface area contributed by atoms with E-state index in [1.54, 1.807) is 0 Å². The topological polar surface area (TPSA) is 175 Å². The van der Waals surface area contributed by atoms with E-state index < -0.39 is 24.3 Å². The van der Waals surface area contributed by atoms with Gasteiger partial charge < -0.3 is 39.9 Å². The van der Waals surface area contributed by atoms with Gasteiger partial charge in [-0.2, -0.15) is 0 Å².